The summed E-state index contributed by atoms with van der Waals surface area (Å²) in [5, 5.41) is 10.1. The molecule has 104 valence electrons. The molecule has 19 heavy (non-hydrogen) atoms. The average molecular weight is 264 g/mol. The van der Waals surface area contributed by atoms with Gasteiger partial charge < -0.3 is 20.5 Å². The van der Waals surface area contributed by atoms with Crippen molar-refractivity contribution in [2.75, 3.05) is 30.8 Å². The minimum atomic E-state index is -0.227. The number of nitrogens with zero attached hydrogens (tertiary/aromatic N) is 3. The summed E-state index contributed by atoms with van der Waals surface area (Å²) in [6.07, 6.45) is 4.07. The van der Waals surface area contributed by atoms with Crippen LogP contribution in [0.1, 0.15) is 19.3 Å². The zero-order valence-electron chi connectivity index (χ0n) is 11.1. The van der Waals surface area contributed by atoms with E-state index in [1.807, 2.05) is 0 Å². The van der Waals surface area contributed by atoms with Gasteiger partial charge in [0.2, 0.25) is 0 Å². The monoisotopic (exact) mass is 264 g/mol. The molecule has 0 radical (unpaired) electrons. The number of nitrogen functional groups attached to an aromatic ring is 1. The molecule has 1 saturated carbocycles. The smallest absolute Gasteiger partial charge is 0.134 e. The molecule has 1 aliphatic carbocycles. The molecule has 0 aromatic carbocycles. The fraction of sp³-hybridized carbons (Fsp3) is 0.692. The zero-order valence-corrected chi connectivity index (χ0v) is 11.1. The summed E-state index contributed by atoms with van der Waals surface area (Å²) in [6.45, 7) is 1.74. The lowest BCUT2D eigenvalue weighted by molar-refractivity contribution is -0.190. The summed E-state index contributed by atoms with van der Waals surface area (Å²) in [5.41, 5.74) is 5.63. The van der Waals surface area contributed by atoms with Crippen molar-refractivity contribution in [3.63, 3.8) is 0 Å². The molecule has 1 aromatic heterocycles. The second-order valence-corrected chi connectivity index (χ2v) is 5.50. The predicted molar refractivity (Wildman–Crippen MR) is 71.7 cm³/mol. The molecule has 1 aromatic rings. The van der Waals surface area contributed by atoms with Crippen molar-refractivity contribution in [3.8, 4) is 0 Å². The largest absolute Gasteiger partial charge is 0.392 e. The molecule has 2 atom stereocenters. The lowest BCUT2D eigenvalue weighted by Crippen LogP contribution is -2.62. The Bertz CT molecular complexity index is 460. The van der Waals surface area contributed by atoms with Crippen LogP contribution in [0.4, 0.5) is 11.6 Å². The van der Waals surface area contributed by atoms with Crippen molar-refractivity contribution in [2.24, 2.45) is 5.41 Å². The fourth-order valence-corrected chi connectivity index (χ4v) is 3.40. The molecule has 1 aliphatic heterocycles. The van der Waals surface area contributed by atoms with Crippen LogP contribution in [0.15, 0.2) is 12.4 Å². The van der Waals surface area contributed by atoms with E-state index >= 15 is 0 Å². The van der Waals surface area contributed by atoms with E-state index in [9.17, 15) is 5.11 Å². The van der Waals surface area contributed by atoms with Crippen LogP contribution in [0, 0.1) is 5.41 Å². The van der Waals surface area contributed by atoms with Crippen LogP contribution in [0.5, 0.6) is 0 Å². The van der Waals surface area contributed by atoms with Crippen molar-refractivity contribution in [2.45, 2.75) is 31.5 Å². The molecule has 0 amide bonds. The Hall–Kier alpha value is -1.40. The summed E-state index contributed by atoms with van der Waals surface area (Å²) in [7, 11) is 1.73. The van der Waals surface area contributed by atoms with Gasteiger partial charge in [-0.3, -0.25) is 0 Å². The Morgan fingerprint density at radius 3 is 2.74 bits per heavy atom. The van der Waals surface area contributed by atoms with Gasteiger partial charge in [0.1, 0.15) is 18.0 Å². The number of methoxy groups -OCH3 is 1. The molecule has 2 aliphatic rings. The highest BCUT2D eigenvalue weighted by Crippen LogP contribution is 2.50. The Labute approximate surface area is 112 Å². The van der Waals surface area contributed by atoms with Gasteiger partial charge in [0.05, 0.1) is 12.2 Å². The van der Waals surface area contributed by atoms with E-state index in [2.05, 4.69) is 14.9 Å². The topological polar surface area (TPSA) is 84.5 Å². The third-order valence-corrected chi connectivity index (χ3v) is 4.72. The van der Waals surface area contributed by atoms with Gasteiger partial charge in [-0.25, -0.2) is 9.97 Å². The molecule has 3 rings (SSSR count). The third kappa shape index (κ3) is 1.95. The maximum atomic E-state index is 10.1. The highest BCUT2D eigenvalue weighted by molar-refractivity contribution is 5.46. The van der Waals surface area contributed by atoms with Gasteiger partial charge in [0.25, 0.3) is 0 Å². The van der Waals surface area contributed by atoms with E-state index in [4.69, 9.17) is 10.5 Å². The van der Waals surface area contributed by atoms with E-state index < -0.39 is 0 Å². The molecule has 2 fully saturated rings. The number of hydrogen-bond donors (Lipinski definition) is 2. The molecule has 2 heterocycles. The van der Waals surface area contributed by atoms with Gasteiger partial charge in [-0.05, 0) is 12.8 Å². The second kappa shape index (κ2) is 4.61. The van der Waals surface area contributed by atoms with Gasteiger partial charge in [-0.15, -0.1) is 0 Å². The Kier molecular flexibility index (Phi) is 3.06. The van der Waals surface area contributed by atoms with Crippen LogP contribution in [0.2, 0.25) is 0 Å². The van der Waals surface area contributed by atoms with Crippen LogP contribution in [0.3, 0.4) is 0 Å². The number of hydrogen-bond acceptors (Lipinski definition) is 6. The van der Waals surface area contributed by atoms with Crippen molar-refractivity contribution in [3.05, 3.63) is 12.4 Å². The molecule has 1 saturated heterocycles. The van der Waals surface area contributed by atoms with Crippen molar-refractivity contribution in [1.82, 2.24) is 9.97 Å². The van der Waals surface area contributed by atoms with Crippen molar-refractivity contribution in [1.29, 1.82) is 0 Å². The van der Waals surface area contributed by atoms with Crippen molar-refractivity contribution >= 4 is 11.6 Å². The van der Waals surface area contributed by atoms with Crippen molar-refractivity contribution < 1.29 is 9.84 Å². The van der Waals surface area contributed by atoms with E-state index in [0.29, 0.717) is 5.82 Å². The summed E-state index contributed by atoms with van der Waals surface area (Å²) < 4.78 is 5.49. The SMILES string of the molecule is CO[C@H]1C[C@@H](O)C12CCN(c1cc(N)ncn1)CC2. The number of aliphatic hydroxyl groups is 1. The normalized spacial score (nSPS) is 29.3. The van der Waals surface area contributed by atoms with E-state index in [-0.39, 0.29) is 17.6 Å². The maximum absolute atomic E-state index is 10.1. The van der Waals surface area contributed by atoms with Crippen LogP contribution in [-0.2, 0) is 4.74 Å². The highest BCUT2D eigenvalue weighted by atomic mass is 16.5. The van der Waals surface area contributed by atoms with E-state index in [0.717, 1.165) is 38.2 Å². The molecule has 0 unspecified atom stereocenters. The fourth-order valence-electron chi connectivity index (χ4n) is 3.40. The first-order valence-corrected chi connectivity index (χ1v) is 6.69. The number of ether oxygens (including phenoxy) is 1. The van der Waals surface area contributed by atoms with Gasteiger partial charge >= 0.3 is 0 Å². The summed E-state index contributed by atoms with van der Waals surface area (Å²) >= 11 is 0. The molecule has 1 spiro atoms. The molecule has 6 nitrogen and oxygen atoms in total. The number of aromatic nitrogens is 2. The predicted octanol–water partition coefficient (Wildman–Crippen LogP) is 0.425. The van der Waals surface area contributed by atoms with E-state index in [1.54, 1.807) is 13.2 Å². The number of anilines is 2. The average Bonchev–Trinajstić information content (AvgIpc) is 2.44. The number of rotatable bonds is 2. The summed E-state index contributed by atoms with van der Waals surface area (Å²) in [4.78, 5) is 10.4. The molecular weight excluding hydrogens is 244 g/mol. The number of nitrogens with two attached hydrogens (primary N) is 1. The van der Waals surface area contributed by atoms with Crippen LogP contribution < -0.4 is 10.6 Å². The number of piperidine rings is 1. The van der Waals surface area contributed by atoms with Crippen LogP contribution in [0.25, 0.3) is 0 Å². The molecule has 0 bridgehead atoms. The van der Waals surface area contributed by atoms with Gasteiger partial charge in [0.15, 0.2) is 0 Å². The molecular formula is C13H20N4O2. The lowest BCUT2D eigenvalue weighted by atomic mass is 9.58. The number of aliphatic hydroxyl groups excluding tert-OH is 1. The Morgan fingerprint density at radius 1 is 1.42 bits per heavy atom. The summed E-state index contributed by atoms with van der Waals surface area (Å²) in [5.74, 6) is 1.36. The Morgan fingerprint density at radius 2 is 2.16 bits per heavy atom. The molecule has 6 heteroatoms. The molecule has 3 N–H and O–H groups in total. The minimum absolute atomic E-state index is 0.0518. The third-order valence-electron chi connectivity index (χ3n) is 4.72. The van der Waals surface area contributed by atoms with Crippen LogP contribution >= 0.6 is 0 Å². The van der Waals surface area contributed by atoms with Gasteiger partial charge in [0, 0.05) is 38.1 Å². The Balaban J connectivity index is 1.70. The summed E-state index contributed by atoms with van der Waals surface area (Å²) in [6, 6.07) is 1.79. The minimum Gasteiger partial charge on any atom is -0.392 e. The highest BCUT2D eigenvalue weighted by Gasteiger charge is 2.55. The first-order valence-electron chi connectivity index (χ1n) is 6.69. The lowest BCUT2D eigenvalue weighted by Gasteiger charge is -2.56. The standard InChI is InChI=1S/C13H20N4O2/c1-19-10-6-9(18)13(10)2-4-17(5-3-13)12-7-11(14)15-8-16-12/h7-10,18H,2-6H2,1H3,(H2,14,15,16)/t9-,10+/m1/s1. The van der Waals surface area contributed by atoms with Crippen LogP contribution in [-0.4, -0.2) is 47.5 Å². The maximum Gasteiger partial charge on any atom is 0.134 e. The second-order valence-electron chi connectivity index (χ2n) is 5.50. The first-order chi connectivity index (χ1) is 9.15. The van der Waals surface area contributed by atoms with Gasteiger partial charge in [-0.1, -0.05) is 0 Å². The zero-order chi connectivity index (χ0) is 13.5. The van der Waals surface area contributed by atoms with Gasteiger partial charge in [-0.2, -0.15) is 0 Å². The van der Waals surface area contributed by atoms with E-state index in [1.165, 1.54) is 6.33 Å². The first kappa shape index (κ1) is 12.6. The quantitative estimate of drug-likeness (QED) is 0.805.